The molecule has 2 N–H and O–H groups in total. The predicted octanol–water partition coefficient (Wildman–Crippen LogP) is 4.12. The Morgan fingerprint density at radius 3 is 2.31 bits per heavy atom. The Kier molecular flexibility index (Phi) is 5.99. The molecule has 1 aliphatic rings. The van der Waals surface area contributed by atoms with Crippen LogP contribution in [0.5, 0.6) is 11.5 Å². The van der Waals surface area contributed by atoms with Crippen LogP contribution in [0.4, 0.5) is 0 Å². The summed E-state index contributed by atoms with van der Waals surface area (Å²) in [4.78, 5) is 13.3. The molecule has 32 heavy (non-hydrogen) atoms. The van der Waals surface area contributed by atoms with Crippen LogP contribution >= 0.6 is 15.9 Å². The van der Waals surface area contributed by atoms with Crippen LogP contribution in [-0.2, 0) is 15.3 Å². The Labute approximate surface area is 194 Å². The van der Waals surface area contributed by atoms with Crippen molar-refractivity contribution in [2.24, 2.45) is 0 Å². The molecule has 0 amide bonds. The van der Waals surface area contributed by atoms with E-state index in [9.17, 15) is 15.0 Å². The first kappa shape index (κ1) is 22.3. The number of para-hydroxylation sites is 1. The minimum absolute atomic E-state index is 0.0224. The quantitative estimate of drug-likeness (QED) is 0.514. The van der Waals surface area contributed by atoms with Crippen molar-refractivity contribution in [3.05, 3.63) is 94.0 Å². The number of hydrogen-bond donors (Lipinski definition) is 2. The predicted molar refractivity (Wildman–Crippen MR) is 122 cm³/mol. The van der Waals surface area contributed by atoms with Gasteiger partial charge in [-0.3, -0.25) is 0 Å². The minimum Gasteiger partial charge on any atom is -0.497 e. The van der Waals surface area contributed by atoms with Gasteiger partial charge in [-0.15, -0.1) is 0 Å². The highest BCUT2D eigenvalue weighted by atomic mass is 79.9. The van der Waals surface area contributed by atoms with Crippen molar-refractivity contribution in [1.82, 2.24) is 0 Å². The van der Waals surface area contributed by atoms with E-state index in [0.717, 1.165) is 4.47 Å². The Morgan fingerprint density at radius 2 is 1.69 bits per heavy atom. The molecule has 7 heteroatoms. The Hall–Kier alpha value is -2.87. The monoisotopic (exact) mass is 498 g/mol. The maximum absolute atomic E-state index is 13.3. The molecule has 6 nitrogen and oxygen atoms in total. The second kappa shape index (κ2) is 8.58. The molecule has 1 unspecified atom stereocenters. The fourth-order valence-electron chi connectivity index (χ4n) is 4.14. The summed E-state index contributed by atoms with van der Waals surface area (Å²) in [6, 6.07) is 20.5. The average molecular weight is 499 g/mol. The maximum atomic E-state index is 13.3. The van der Waals surface area contributed by atoms with Crippen molar-refractivity contribution in [1.29, 1.82) is 0 Å². The zero-order valence-corrected chi connectivity index (χ0v) is 19.2. The lowest BCUT2D eigenvalue weighted by Gasteiger charge is -2.49. The third-order valence-corrected chi connectivity index (χ3v) is 6.22. The summed E-state index contributed by atoms with van der Waals surface area (Å²) in [6.07, 6.45) is 0. The van der Waals surface area contributed by atoms with E-state index in [1.54, 1.807) is 86.8 Å². The van der Waals surface area contributed by atoms with Crippen molar-refractivity contribution >= 4 is 21.9 Å². The largest absolute Gasteiger partial charge is 0.497 e. The van der Waals surface area contributed by atoms with E-state index in [4.69, 9.17) is 14.2 Å². The maximum Gasteiger partial charge on any atom is 0.346 e. The summed E-state index contributed by atoms with van der Waals surface area (Å²) in [5, 5.41) is 24.0. The van der Waals surface area contributed by atoms with Crippen LogP contribution < -0.4 is 9.47 Å². The number of esters is 1. The van der Waals surface area contributed by atoms with Gasteiger partial charge < -0.3 is 24.4 Å². The van der Waals surface area contributed by atoms with Gasteiger partial charge in [0.1, 0.15) is 11.5 Å². The Bertz CT molecular complexity index is 1110. The SMILES string of the molecule is CCOC(=O)[C@]1(O)C(c2ccc(OC)cc2)c2ccccc2O[C@@]1(O)c1ccc(Br)cc1. The van der Waals surface area contributed by atoms with Crippen LogP contribution in [-0.4, -0.2) is 35.5 Å². The lowest BCUT2D eigenvalue weighted by molar-refractivity contribution is -0.280. The van der Waals surface area contributed by atoms with Gasteiger partial charge in [0, 0.05) is 15.6 Å². The number of ether oxygens (including phenoxy) is 3. The highest BCUT2D eigenvalue weighted by Gasteiger charge is 2.67. The molecule has 0 aromatic heterocycles. The molecule has 4 rings (SSSR count). The van der Waals surface area contributed by atoms with Crippen molar-refractivity contribution in [3.63, 3.8) is 0 Å². The molecule has 166 valence electrons. The van der Waals surface area contributed by atoms with E-state index in [0.29, 0.717) is 22.6 Å². The topological polar surface area (TPSA) is 85.2 Å². The van der Waals surface area contributed by atoms with Crippen LogP contribution in [0.15, 0.2) is 77.3 Å². The molecule has 0 fully saturated rings. The van der Waals surface area contributed by atoms with Crippen molar-refractivity contribution in [2.75, 3.05) is 13.7 Å². The van der Waals surface area contributed by atoms with E-state index in [-0.39, 0.29) is 12.2 Å². The number of carbonyl (C=O) groups is 1. The van der Waals surface area contributed by atoms with Crippen LogP contribution in [0.25, 0.3) is 0 Å². The minimum atomic E-state index is -2.49. The molecule has 1 aliphatic heterocycles. The first-order valence-corrected chi connectivity index (χ1v) is 10.9. The first-order valence-electron chi connectivity index (χ1n) is 10.1. The highest BCUT2D eigenvalue weighted by Crippen LogP contribution is 2.54. The average Bonchev–Trinajstić information content (AvgIpc) is 2.80. The van der Waals surface area contributed by atoms with Crippen LogP contribution in [0.2, 0.25) is 0 Å². The fourth-order valence-corrected chi connectivity index (χ4v) is 4.40. The number of benzene rings is 3. The number of carbonyl (C=O) groups excluding carboxylic acids is 1. The zero-order valence-electron chi connectivity index (χ0n) is 17.6. The van der Waals surface area contributed by atoms with E-state index in [2.05, 4.69) is 15.9 Å². The molecule has 0 bridgehead atoms. The van der Waals surface area contributed by atoms with E-state index < -0.39 is 23.3 Å². The Balaban J connectivity index is 2.01. The summed E-state index contributed by atoms with van der Waals surface area (Å²) in [5.41, 5.74) is -1.13. The number of fused-ring (bicyclic) bond motifs is 1. The van der Waals surface area contributed by atoms with Gasteiger partial charge in [-0.1, -0.05) is 58.4 Å². The third-order valence-electron chi connectivity index (χ3n) is 5.69. The molecule has 3 atom stereocenters. The molecule has 0 aliphatic carbocycles. The van der Waals surface area contributed by atoms with Gasteiger partial charge >= 0.3 is 5.97 Å². The van der Waals surface area contributed by atoms with Crippen molar-refractivity contribution in [3.8, 4) is 11.5 Å². The number of rotatable bonds is 5. The van der Waals surface area contributed by atoms with E-state index in [1.165, 1.54) is 0 Å². The van der Waals surface area contributed by atoms with Crippen LogP contribution in [0.1, 0.15) is 29.5 Å². The van der Waals surface area contributed by atoms with Crippen molar-refractivity contribution < 1.29 is 29.2 Å². The van der Waals surface area contributed by atoms with Gasteiger partial charge in [0.25, 0.3) is 5.79 Å². The molecule has 3 aromatic rings. The fraction of sp³-hybridized carbons (Fsp3) is 0.240. The summed E-state index contributed by atoms with van der Waals surface area (Å²) < 4.78 is 17.3. The zero-order chi connectivity index (χ0) is 22.9. The normalized spacial score (nSPS) is 24.2. The highest BCUT2D eigenvalue weighted by molar-refractivity contribution is 9.10. The molecular weight excluding hydrogens is 476 g/mol. The summed E-state index contributed by atoms with van der Waals surface area (Å²) >= 11 is 3.37. The molecule has 0 saturated heterocycles. The summed E-state index contributed by atoms with van der Waals surface area (Å²) in [7, 11) is 1.56. The molecule has 0 spiro atoms. The van der Waals surface area contributed by atoms with Crippen LogP contribution in [0.3, 0.4) is 0 Å². The second-order valence-electron chi connectivity index (χ2n) is 7.48. The van der Waals surface area contributed by atoms with Crippen LogP contribution in [0, 0.1) is 0 Å². The number of halogens is 1. The lowest BCUT2D eigenvalue weighted by Crippen LogP contribution is -2.66. The van der Waals surface area contributed by atoms with Gasteiger partial charge in [-0.25, -0.2) is 4.79 Å². The molecule has 0 radical (unpaired) electrons. The molecule has 0 saturated carbocycles. The van der Waals surface area contributed by atoms with Gasteiger partial charge in [0.2, 0.25) is 5.60 Å². The van der Waals surface area contributed by atoms with Gasteiger partial charge in [-0.2, -0.15) is 0 Å². The van der Waals surface area contributed by atoms with E-state index >= 15 is 0 Å². The van der Waals surface area contributed by atoms with Gasteiger partial charge in [0.05, 0.1) is 19.6 Å². The summed E-state index contributed by atoms with van der Waals surface area (Å²) in [5.74, 6) is -3.41. The first-order chi connectivity index (χ1) is 15.3. The summed E-state index contributed by atoms with van der Waals surface area (Å²) in [6.45, 7) is 1.66. The Morgan fingerprint density at radius 1 is 1.03 bits per heavy atom. The number of methoxy groups -OCH3 is 1. The van der Waals surface area contributed by atoms with Gasteiger partial charge in [0.15, 0.2) is 0 Å². The van der Waals surface area contributed by atoms with Gasteiger partial charge in [-0.05, 0) is 42.8 Å². The third kappa shape index (κ3) is 3.46. The number of aliphatic hydroxyl groups is 2. The second-order valence-corrected chi connectivity index (χ2v) is 8.40. The smallest absolute Gasteiger partial charge is 0.346 e. The molecule has 3 aromatic carbocycles. The molecule has 1 heterocycles. The number of hydrogen-bond acceptors (Lipinski definition) is 6. The standard InChI is InChI=1S/C25H23BrO6/c1-3-31-23(27)24(28)22(16-8-14-19(30-2)15-9-16)20-6-4-5-7-21(20)32-25(24,29)17-10-12-18(26)13-11-17/h4-15,22,28-29H,3H2,1-2H3/t22?,24-,25+/m1/s1. The molecular formula is C25H23BrO6. The lowest BCUT2D eigenvalue weighted by atomic mass is 9.68. The van der Waals surface area contributed by atoms with Crippen molar-refractivity contribution in [2.45, 2.75) is 24.2 Å². The van der Waals surface area contributed by atoms with E-state index in [1.807, 2.05) is 0 Å².